The van der Waals surface area contributed by atoms with Gasteiger partial charge in [0.2, 0.25) is 0 Å². The lowest BCUT2D eigenvalue weighted by molar-refractivity contribution is -0.137. The van der Waals surface area contributed by atoms with Crippen molar-refractivity contribution in [2.75, 3.05) is 6.61 Å². The molecule has 5 heteroatoms. The van der Waals surface area contributed by atoms with Crippen LogP contribution in [-0.2, 0) is 14.0 Å². The first-order valence-corrected chi connectivity index (χ1v) is 16.2. The smallest absolute Gasteiger partial charge is 0.330 e. The molecular weight excluding hydrogens is 431 g/mol. The largest absolute Gasteiger partial charge is 0.463 e. The molecular formula is C28H51FO3Si. The Morgan fingerprint density at radius 1 is 1.21 bits per heavy atom. The van der Waals surface area contributed by atoms with Crippen molar-refractivity contribution < 1.29 is 18.3 Å². The quantitative estimate of drug-likeness (QED) is 0.160. The van der Waals surface area contributed by atoms with E-state index in [2.05, 4.69) is 48.5 Å². The minimum Gasteiger partial charge on any atom is -0.463 e. The summed E-state index contributed by atoms with van der Waals surface area (Å²) in [5, 5.41) is 0. The first kappa shape index (κ1) is 28.6. The summed E-state index contributed by atoms with van der Waals surface area (Å²) in [5.74, 6) is 0.566. The molecule has 5 atom stereocenters. The van der Waals surface area contributed by atoms with Gasteiger partial charge in [-0.2, -0.15) is 0 Å². The second-order valence-electron chi connectivity index (χ2n) is 11.6. The molecule has 3 nitrogen and oxygen atoms in total. The number of ether oxygens (including phenoxy) is 1. The fourth-order valence-electron chi connectivity index (χ4n) is 7.06. The van der Waals surface area contributed by atoms with Crippen molar-refractivity contribution in [3.05, 3.63) is 11.6 Å². The number of rotatable bonds is 12. The van der Waals surface area contributed by atoms with Crippen molar-refractivity contribution in [2.24, 2.45) is 23.2 Å². The number of allylic oxidation sites excluding steroid dienone is 1. The van der Waals surface area contributed by atoms with Crippen LogP contribution in [0.1, 0.15) is 100 Å². The highest BCUT2D eigenvalue weighted by Gasteiger charge is 2.52. The van der Waals surface area contributed by atoms with Crippen LogP contribution < -0.4 is 0 Å². The van der Waals surface area contributed by atoms with Crippen molar-refractivity contribution in [2.45, 2.75) is 130 Å². The van der Waals surface area contributed by atoms with E-state index < -0.39 is 14.5 Å². The average molecular weight is 483 g/mol. The van der Waals surface area contributed by atoms with E-state index in [1.54, 1.807) is 6.08 Å². The number of carbonyl (C=O) groups is 1. The van der Waals surface area contributed by atoms with Gasteiger partial charge in [-0.25, -0.2) is 9.18 Å². The Morgan fingerprint density at radius 2 is 1.85 bits per heavy atom. The van der Waals surface area contributed by atoms with Crippen molar-refractivity contribution in [1.29, 1.82) is 0 Å². The summed E-state index contributed by atoms with van der Waals surface area (Å²) in [6.07, 6.45) is 7.58. The topological polar surface area (TPSA) is 35.5 Å². The third-order valence-corrected chi connectivity index (χ3v) is 14.1. The van der Waals surface area contributed by atoms with Crippen LogP contribution in [0.3, 0.4) is 0 Å². The zero-order chi connectivity index (χ0) is 24.9. The van der Waals surface area contributed by atoms with Crippen molar-refractivity contribution in [3.8, 4) is 0 Å². The number of alkyl halides is 1. The molecule has 0 radical (unpaired) electrons. The zero-order valence-corrected chi connectivity index (χ0v) is 23.8. The molecule has 0 aromatic rings. The van der Waals surface area contributed by atoms with Crippen LogP contribution in [0.5, 0.6) is 0 Å². The zero-order valence-electron chi connectivity index (χ0n) is 22.8. The Kier molecular flexibility index (Phi) is 10.2. The summed E-state index contributed by atoms with van der Waals surface area (Å²) in [5.41, 5.74) is 1.06. The standard InChI is InChI=1S/C28H51FO3Si/c1-9-31-26(30)20-22-14-13-18-28(8)23(15-16-24(22)28)21(5)25(29)17-19-27(6,7)32-33(10-2,11-3)12-4/h20-21,23-25H,9-19H2,1-8H3/b22-20+/t21?,23-,24+,25?,28-/m1/s1. The first-order valence-electron chi connectivity index (χ1n) is 13.7. The van der Waals surface area contributed by atoms with Crippen molar-refractivity contribution in [1.82, 2.24) is 0 Å². The van der Waals surface area contributed by atoms with Crippen LogP contribution in [0, 0.1) is 23.2 Å². The van der Waals surface area contributed by atoms with Crippen LogP contribution in [0.15, 0.2) is 11.6 Å². The maximum atomic E-state index is 15.7. The monoisotopic (exact) mass is 482 g/mol. The van der Waals surface area contributed by atoms with Gasteiger partial charge < -0.3 is 9.16 Å². The predicted molar refractivity (Wildman–Crippen MR) is 139 cm³/mol. The molecule has 2 rings (SSSR count). The van der Waals surface area contributed by atoms with Crippen LogP contribution in [0.4, 0.5) is 4.39 Å². The Morgan fingerprint density at radius 3 is 2.42 bits per heavy atom. The van der Waals surface area contributed by atoms with Gasteiger partial charge >= 0.3 is 5.97 Å². The third-order valence-electron chi connectivity index (χ3n) is 9.28. The van der Waals surface area contributed by atoms with Gasteiger partial charge in [-0.3, -0.25) is 0 Å². The summed E-state index contributed by atoms with van der Waals surface area (Å²) in [4.78, 5) is 12.1. The summed E-state index contributed by atoms with van der Waals surface area (Å²) < 4.78 is 27.6. The predicted octanol–water partition coefficient (Wildman–Crippen LogP) is 8.25. The summed E-state index contributed by atoms with van der Waals surface area (Å²) >= 11 is 0. The van der Waals surface area contributed by atoms with Crippen LogP contribution in [-0.4, -0.2) is 32.7 Å². The number of halogens is 1. The Labute approximate surface area is 204 Å². The maximum Gasteiger partial charge on any atom is 0.330 e. The van der Waals surface area contributed by atoms with Crippen molar-refractivity contribution >= 4 is 14.3 Å². The van der Waals surface area contributed by atoms with E-state index in [9.17, 15) is 4.79 Å². The van der Waals surface area contributed by atoms with Gasteiger partial charge in [-0.15, -0.1) is 0 Å². The third kappa shape index (κ3) is 6.71. The lowest BCUT2D eigenvalue weighted by Crippen LogP contribution is -2.45. The summed E-state index contributed by atoms with van der Waals surface area (Å²) in [6, 6.07) is 3.38. The number of esters is 1. The van der Waals surface area contributed by atoms with E-state index in [1.165, 1.54) is 5.57 Å². The maximum absolute atomic E-state index is 15.7. The average Bonchev–Trinajstić information content (AvgIpc) is 3.13. The SMILES string of the molecule is CCOC(=O)/C=C1\CCC[C@]2(C)[C@@H](C(C)C(F)CCC(C)(C)O[Si](CC)(CC)CC)CC[C@@H]12. The molecule has 192 valence electrons. The summed E-state index contributed by atoms with van der Waals surface area (Å²) in [7, 11) is -1.71. The van der Waals surface area contributed by atoms with E-state index >= 15 is 4.39 Å². The second-order valence-corrected chi connectivity index (χ2v) is 16.3. The molecule has 0 amide bonds. The number of hydrogen-bond acceptors (Lipinski definition) is 3. The van der Waals surface area contributed by atoms with Gasteiger partial charge in [0, 0.05) is 6.08 Å². The van der Waals surface area contributed by atoms with Crippen molar-refractivity contribution in [3.63, 3.8) is 0 Å². The van der Waals surface area contributed by atoms with Crippen LogP contribution in [0.25, 0.3) is 0 Å². The molecule has 33 heavy (non-hydrogen) atoms. The van der Waals surface area contributed by atoms with Gasteiger partial charge in [0.1, 0.15) is 6.17 Å². The van der Waals surface area contributed by atoms with Crippen LogP contribution >= 0.6 is 0 Å². The highest BCUT2D eigenvalue weighted by Crippen LogP contribution is 2.60. The van der Waals surface area contributed by atoms with Gasteiger partial charge in [0.15, 0.2) is 8.32 Å². The van der Waals surface area contributed by atoms with Gasteiger partial charge in [-0.1, -0.05) is 40.2 Å². The highest BCUT2D eigenvalue weighted by molar-refractivity contribution is 6.73. The minimum absolute atomic E-state index is 0.0308. The number of carbonyl (C=O) groups excluding carboxylic acids is 1. The Balaban J connectivity index is 2.04. The Hall–Kier alpha value is -0.683. The van der Waals surface area contributed by atoms with E-state index in [0.29, 0.717) is 24.9 Å². The Bertz CT molecular complexity index is 664. The number of fused-ring (bicyclic) bond motifs is 1. The lowest BCUT2D eigenvalue weighted by Gasteiger charge is -2.45. The molecule has 2 fully saturated rings. The first-order chi connectivity index (χ1) is 15.5. The molecule has 2 aliphatic carbocycles. The fraction of sp³-hybridized carbons (Fsp3) is 0.893. The van der Waals surface area contributed by atoms with E-state index in [0.717, 1.165) is 56.7 Å². The molecule has 2 unspecified atom stereocenters. The molecule has 0 N–H and O–H groups in total. The molecule has 0 aromatic heterocycles. The molecule has 0 aliphatic heterocycles. The minimum atomic E-state index is -1.71. The van der Waals surface area contributed by atoms with E-state index in [1.807, 2.05) is 6.92 Å². The van der Waals surface area contributed by atoms with Gasteiger partial charge in [-0.05, 0) is 107 Å². The second kappa shape index (κ2) is 11.8. The van der Waals surface area contributed by atoms with Gasteiger partial charge in [0.25, 0.3) is 0 Å². The van der Waals surface area contributed by atoms with E-state index in [-0.39, 0.29) is 22.9 Å². The molecule has 0 bridgehead atoms. The number of hydrogen-bond donors (Lipinski definition) is 0. The molecule has 2 saturated carbocycles. The normalized spacial score (nSPS) is 29.1. The molecule has 0 saturated heterocycles. The molecule has 0 spiro atoms. The summed E-state index contributed by atoms with van der Waals surface area (Å²) in [6.45, 7) is 17.8. The lowest BCUT2D eigenvalue weighted by atomic mass is 9.60. The fourth-order valence-corrected chi connectivity index (χ4v) is 10.3. The van der Waals surface area contributed by atoms with Gasteiger partial charge in [0.05, 0.1) is 12.2 Å². The highest BCUT2D eigenvalue weighted by atomic mass is 28.4. The molecule has 0 heterocycles. The van der Waals surface area contributed by atoms with Crippen LogP contribution in [0.2, 0.25) is 18.1 Å². The molecule has 2 aliphatic rings. The van der Waals surface area contributed by atoms with E-state index in [4.69, 9.17) is 9.16 Å². The molecule has 0 aromatic carbocycles.